The molecule has 0 aliphatic carbocycles. The van der Waals surface area contributed by atoms with Crippen LogP contribution in [0.25, 0.3) is 21.2 Å². The zero-order valence-corrected chi connectivity index (χ0v) is 16.3. The van der Waals surface area contributed by atoms with Crippen LogP contribution in [0.3, 0.4) is 0 Å². The van der Waals surface area contributed by atoms with Crippen LogP contribution in [-0.4, -0.2) is 45.9 Å². The smallest absolute Gasteiger partial charge is 0.259 e. The molecule has 1 fully saturated rings. The summed E-state index contributed by atoms with van der Waals surface area (Å²) in [6.45, 7) is 2.44. The van der Waals surface area contributed by atoms with Gasteiger partial charge < -0.3 is 14.4 Å². The van der Waals surface area contributed by atoms with Crippen molar-refractivity contribution in [3.63, 3.8) is 0 Å². The molecule has 27 heavy (non-hydrogen) atoms. The minimum Gasteiger partial charge on any atom is -0.481 e. The van der Waals surface area contributed by atoms with Crippen molar-refractivity contribution < 1.29 is 9.84 Å². The number of nitrogens with zero attached hydrogens (tertiary/aromatic N) is 3. The topological polar surface area (TPSA) is 67.6 Å². The minimum atomic E-state index is -0.249. The number of aryl methyl sites for hydroxylation is 1. The Morgan fingerprint density at radius 1 is 1.41 bits per heavy atom. The third kappa shape index (κ3) is 3.63. The Labute approximate surface area is 161 Å². The van der Waals surface area contributed by atoms with E-state index >= 15 is 0 Å². The summed E-state index contributed by atoms with van der Waals surface area (Å²) < 4.78 is 7.87. The number of aromatic nitrogens is 2. The largest absolute Gasteiger partial charge is 0.481 e. The second-order valence-corrected chi connectivity index (χ2v) is 8.17. The van der Waals surface area contributed by atoms with Gasteiger partial charge in [-0.3, -0.25) is 9.69 Å². The highest BCUT2D eigenvalue weighted by Gasteiger charge is 2.20. The molecule has 0 saturated carbocycles. The molecule has 3 aromatic heterocycles. The predicted octanol–water partition coefficient (Wildman–Crippen LogP) is 2.63. The van der Waals surface area contributed by atoms with Gasteiger partial charge in [-0.1, -0.05) is 0 Å². The predicted molar refractivity (Wildman–Crippen MR) is 107 cm³/mol. The van der Waals surface area contributed by atoms with E-state index in [9.17, 15) is 9.90 Å². The van der Waals surface area contributed by atoms with E-state index in [1.807, 2.05) is 24.4 Å². The number of piperidine rings is 1. The fourth-order valence-electron chi connectivity index (χ4n) is 3.67. The summed E-state index contributed by atoms with van der Waals surface area (Å²) in [6.07, 6.45) is 5.23. The number of aliphatic hydroxyl groups is 1. The second-order valence-electron chi connectivity index (χ2n) is 7.03. The second kappa shape index (κ2) is 7.42. The highest BCUT2D eigenvalue weighted by atomic mass is 32.1. The number of methoxy groups -OCH3 is 1. The monoisotopic (exact) mass is 385 g/mol. The quantitative estimate of drug-likeness (QED) is 0.748. The molecule has 1 aliphatic rings. The van der Waals surface area contributed by atoms with Crippen molar-refractivity contribution in [3.05, 3.63) is 45.8 Å². The van der Waals surface area contributed by atoms with E-state index in [0.717, 1.165) is 52.0 Å². The Bertz CT molecular complexity index is 1030. The third-order valence-corrected chi connectivity index (χ3v) is 6.17. The van der Waals surface area contributed by atoms with Gasteiger partial charge >= 0.3 is 0 Å². The van der Waals surface area contributed by atoms with E-state index in [0.29, 0.717) is 12.4 Å². The van der Waals surface area contributed by atoms with Crippen molar-refractivity contribution in [2.24, 2.45) is 7.05 Å². The van der Waals surface area contributed by atoms with Crippen LogP contribution in [0.15, 0.2) is 35.4 Å². The van der Waals surface area contributed by atoms with Gasteiger partial charge in [0.15, 0.2) is 0 Å². The van der Waals surface area contributed by atoms with Gasteiger partial charge in [0.05, 0.1) is 18.6 Å². The molecule has 1 N–H and O–H groups in total. The maximum Gasteiger partial charge on any atom is 0.259 e. The van der Waals surface area contributed by atoms with E-state index in [1.54, 1.807) is 36.3 Å². The van der Waals surface area contributed by atoms with Crippen molar-refractivity contribution >= 4 is 21.4 Å². The number of hydrogen-bond donors (Lipinski definition) is 1. The van der Waals surface area contributed by atoms with Gasteiger partial charge in [0.1, 0.15) is 0 Å². The van der Waals surface area contributed by atoms with Gasteiger partial charge in [0.2, 0.25) is 5.88 Å². The summed E-state index contributed by atoms with van der Waals surface area (Å²) in [5.74, 6) is 0.550. The number of pyridine rings is 2. The minimum absolute atomic E-state index is 0.0101. The van der Waals surface area contributed by atoms with Crippen LogP contribution >= 0.6 is 11.3 Å². The van der Waals surface area contributed by atoms with Crippen LogP contribution in [0.1, 0.15) is 17.7 Å². The number of rotatable bonds is 4. The lowest BCUT2D eigenvalue weighted by Gasteiger charge is -2.29. The van der Waals surface area contributed by atoms with Crippen LogP contribution in [0.5, 0.6) is 5.88 Å². The fraction of sp³-hybridized carbons (Fsp3) is 0.400. The molecule has 1 atom stereocenters. The molecule has 1 aliphatic heterocycles. The van der Waals surface area contributed by atoms with Gasteiger partial charge in [-0.2, -0.15) is 0 Å². The number of aliphatic hydroxyl groups excluding tert-OH is 1. The molecular formula is C20H23N3O3S. The lowest BCUT2D eigenvalue weighted by Crippen LogP contribution is -2.37. The average molecular weight is 385 g/mol. The average Bonchev–Trinajstić information content (AvgIpc) is 3.08. The van der Waals surface area contributed by atoms with Gasteiger partial charge in [-0.25, -0.2) is 4.98 Å². The molecule has 0 aromatic carbocycles. The number of likely N-dealkylation sites (tertiary alicyclic amines) is 1. The van der Waals surface area contributed by atoms with E-state index in [4.69, 9.17) is 4.74 Å². The van der Waals surface area contributed by atoms with Gasteiger partial charge in [0, 0.05) is 53.7 Å². The normalized spacial score (nSPS) is 18.1. The fourth-order valence-corrected chi connectivity index (χ4v) is 4.89. The van der Waals surface area contributed by atoms with E-state index in [-0.39, 0.29) is 11.7 Å². The Hall–Kier alpha value is -2.22. The van der Waals surface area contributed by atoms with Gasteiger partial charge in [-0.15, -0.1) is 11.3 Å². The first-order valence-electron chi connectivity index (χ1n) is 9.08. The zero-order chi connectivity index (χ0) is 19.0. The van der Waals surface area contributed by atoms with E-state index < -0.39 is 0 Å². The SMILES string of the molecule is COc1cc(-c2cn(C)c(=O)c3cc(CN4CCCC(O)C4)sc23)ccn1. The van der Waals surface area contributed by atoms with Gasteiger partial charge in [-0.05, 0) is 37.1 Å². The Morgan fingerprint density at radius 2 is 2.26 bits per heavy atom. The summed E-state index contributed by atoms with van der Waals surface area (Å²) in [6, 6.07) is 5.83. The molecule has 0 radical (unpaired) electrons. The molecular weight excluding hydrogens is 362 g/mol. The third-order valence-electron chi connectivity index (χ3n) is 5.02. The summed E-state index contributed by atoms with van der Waals surface area (Å²) in [5.41, 5.74) is 1.99. The first-order chi connectivity index (χ1) is 13.0. The van der Waals surface area contributed by atoms with Crippen LogP contribution in [0.2, 0.25) is 0 Å². The molecule has 7 heteroatoms. The van der Waals surface area contributed by atoms with Gasteiger partial charge in [0.25, 0.3) is 5.56 Å². The first kappa shape index (κ1) is 18.2. The number of thiophene rings is 1. The van der Waals surface area contributed by atoms with E-state index in [2.05, 4.69) is 9.88 Å². The van der Waals surface area contributed by atoms with Crippen molar-refractivity contribution in [1.82, 2.24) is 14.5 Å². The summed E-state index contributed by atoms with van der Waals surface area (Å²) in [7, 11) is 3.38. The lowest BCUT2D eigenvalue weighted by molar-refractivity contribution is 0.0674. The van der Waals surface area contributed by atoms with Crippen LogP contribution < -0.4 is 10.3 Å². The summed E-state index contributed by atoms with van der Waals surface area (Å²) >= 11 is 1.65. The summed E-state index contributed by atoms with van der Waals surface area (Å²) in [4.78, 5) is 20.3. The maximum absolute atomic E-state index is 12.7. The zero-order valence-electron chi connectivity index (χ0n) is 15.5. The first-order valence-corrected chi connectivity index (χ1v) is 9.89. The van der Waals surface area contributed by atoms with Crippen molar-refractivity contribution in [3.8, 4) is 17.0 Å². The maximum atomic E-state index is 12.7. The molecule has 4 heterocycles. The molecule has 0 bridgehead atoms. The molecule has 142 valence electrons. The molecule has 4 rings (SSSR count). The van der Waals surface area contributed by atoms with Crippen LogP contribution in [-0.2, 0) is 13.6 Å². The molecule has 1 unspecified atom stereocenters. The van der Waals surface area contributed by atoms with Crippen molar-refractivity contribution in [2.45, 2.75) is 25.5 Å². The molecule has 0 amide bonds. The van der Waals surface area contributed by atoms with Crippen LogP contribution in [0, 0.1) is 0 Å². The highest BCUT2D eigenvalue weighted by Crippen LogP contribution is 2.34. The number of ether oxygens (including phenoxy) is 1. The molecule has 3 aromatic rings. The standard InChI is InChI=1S/C20H23N3O3S/c1-22-12-17(13-5-6-21-18(8-13)26-2)19-16(20(22)25)9-15(27-19)11-23-7-3-4-14(24)10-23/h5-6,8-9,12,14,24H,3-4,7,10-11H2,1-2H3. The number of fused-ring (bicyclic) bond motifs is 1. The Kier molecular flexibility index (Phi) is 4.99. The van der Waals surface area contributed by atoms with Crippen LogP contribution in [0.4, 0.5) is 0 Å². The van der Waals surface area contributed by atoms with Crippen molar-refractivity contribution in [1.29, 1.82) is 0 Å². The lowest BCUT2D eigenvalue weighted by atomic mass is 10.1. The summed E-state index contributed by atoms with van der Waals surface area (Å²) in [5, 5.41) is 10.6. The Balaban J connectivity index is 1.77. The molecule has 6 nitrogen and oxygen atoms in total. The number of hydrogen-bond acceptors (Lipinski definition) is 6. The van der Waals surface area contributed by atoms with E-state index in [1.165, 1.54) is 0 Å². The molecule has 0 spiro atoms. The van der Waals surface area contributed by atoms with Crippen molar-refractivity contribution in [2.75, 3.05) is 20.2 Å². The molecule has 1 saturated heterocycles. The number of β-amino-alcohol motifs (C(OH)–C–C–N with tert-alkyl or cyclic N) is 1. The Morgan fingerprint density at radius 3 is 3.04 bits per heavy atom. The highest BCUT2D eigenvalue weighted by molar-refractivity contribution is 7.19.